The molecule has 0 radical (unpaired) electrons. The molecule has 1 saturated carbocycles. The van der Waals surface area contributed by atoms with Crippen LogP contribution in [-0.4, -0.2) is 27.5 Å². The maximum atomic E-state index is 10.6. The zero-order valence-electron chi connectivity index (χ0n) is 10.9. The Bertz CT molecular complexity index is 460. The highest BCUT2D eigenvalue weighted by Gasteiger charge is 2.34. The Kier molecular flexibility index (Phi) is 3.31. The van der Waals surface area contributed by atoms with E-state index < -0.39 is 4.92 Å². The molecule has 2 atom stereocenters. The minimum Gasteiger partial charge on any atom is -0.338 e. The van der Waals surface area contributed by atoms with Crippen molar-refractivity contribution in [2.24, 2.45) is 5.92 Å². The Labute approximate surface area is 112 Å². The van der Waals surface area contributed by atoms with E-state index in [-0.39, 0.29) is 5.69 Å². The Morgan fingerprint density at radius 2 is 1.84 bits per heavy atom. The smallest absolute Gasteiger partial charge is 0.305 e. The van der Waals surface area contributed by atoms with Crippen molar-refractivity contribution in [1.82, 2.24) is 9.97 Å². The molecule has 2 fully saturated rings. The number of hydrogen-bond acceptors (Lipinski definition) is 5. The third-order valence-corrected chi connectivity index (χ3v) is 4.34. The summed E-state index contributed by atoms with van der Waals surface area (Å²) in [7, 11) is 0. The zero-order chi connectivity index (χ0) is 13.2. The van der Waals surface area contributed by atoms with Crippen LogP contribution in [-0.2, 0) is 0 Å². The van der Waals surface area contributed by atoms with Gasteiger partial charge in [-0.25, -0.2) is 9.97 Å². The first-order valence-corrected chi connectivity index (χ1v) is 6.99. The van der Waals surface area contributed by atoms with Gasteiger partial charge < -0.3 is 4.90 Å². The van der Waals surface area contributed by atoms with Gasteiger partial charge in [0.05, 0.1) is 4.92 Å². The van der Waals surface area contributed by atoms with Crippen molar-refractivity contribution < 1.29 is 4.92 Å². The molecule has 3 rings (SSSR count). The Morgan fingerprint density at radius 1 is 1.16 bits per heavy atom. The summed E-state index contributed by atoms with van der Waals surface area (Å²) in [5, 5.41) is 10.6. The molecular formula is C13H18N4O2. The van der Waals surface area contributed by atoms with Gasteiger partial charge in [0.1, 0.15) is 12.4 Å². The van der Waals surface area contributed by atoms with Gasteiger partial charge in [0.2, 0.25) is 5.95 Å². The van der Waals surface area contributed by atoms with E-state index in [1.807, 2.05) is 0 Å². The highest BCUT2D eigenvalue weighted by Crippen LogP contribution is 2.36. The minimum absolute atomic E-state index is 0.0408. The summed E-state index contributed by atoms with van der Waals surface area (Å²) in [6.07, 6.45) is 10.2. The first-order chi connectivity index (χ1) is 9.25. The largest absolute Gasteiger partial charge is 0.338 e. The fourth-order valence-corrected chi connectivity index (χ4v) is 3.43. The van der Waals surface area contributed by atoms with Gasteiger partial charge >= 0.3 is 5.69 Å². The van der Waals surface area contributed by atoms with Crippen LogP contribution in [0.5, 0.6) is 0 Å². The Morgan fingerprint density at radius 3 is 2.58 bits per heavy atom. The quantitative estimate of drug-likeness (QED) is 0.605. The standard InChI is InChI=1S/C13H18N4O2/c18-17(19)11-8-14-13(15-9-11)16-7-3-5-10-4-1-2-6-12(10)16/h8-10,12H,1-7H2/t10-,12-/m0/s1. The normalized spacial score (nSPS) is 26.8. The Hall–Kier alpha value is -1.72. The summed E-state index contributed by atoms with van der Waals surface area (Å²) in [5.74, 6) is 1.41. The summed E-state index contributed by atoms with van der Waals surface area (Å²) < 4.78 is 0. The van der Waals surface area contributed by atoms with Crippen LogP contribution in [0, 0.1) is 16.0 Å². The predicted molar refractivity (Wildman–Crippen MR) is 71.0 cm³/mol. The van der Waals surface area contributed by atoms with Crippen LogP contribution < -0.4 is 4.90 Å². The molecule has 19 heavy (non-hydrogen) atoms. The number of hydrogen-bond donors (Lipinski definition) is 0. The molecule has 2 aliphatic rings. The Balaban J connectivity index is 1.81. The molecule has 0 aromatic carbocycles. The number of rotatable bonds is 2. The molecule has 1 aliphatic carbocycles. The van der Waals surface area contributed by atoms with Crippen molar-refractivity contribution in [2.45, 2.75) is 44.6 Å². The van der Waals surface area contributed by atoms with Crippen LogP contribution in [0.1, 0.15) is 38.5 Å². The number of fused-ring (bicyclic) bond motifs is 1. The van der Waals surface area contributed by atoms with Crippen molar-refractivity contribution in [3.8, 4) is 0 Å². The van der Waals surface area contributed by atoms with Crippen molar-refractivity contribution in [3.63, 3.8) is 0 Å². The van der Waals surface area contributed by atoms with Crippen molar-refractivity contribution >= 4 is 11.6 Å². The second-order valence-electron chi connectivity index (χ2n) is 5.45. The van der Waals surface area contributed by atoms with E-state index in [2.05, 4.69) is 14.9 Å². The van der Waals surface area contributed by atoms with Crippen molar-refractivity contribution in [3.05, 3.63) is 22.5 Å². The lowest BCUT2D eigenvalue weighted by Gasteiger charge is -2.44. The van der Waals surface area contributed by atoms with Gasteiger partial charge in [-0.2, -0.15) is 0 Å². The van der Waals surface area contributed by atoms with Gasteiger partial charge in [0.25, 0.3) is 0 Å². The molecule has 0 amide bonds. The summed E-state index contributed by atoms with van der Waals surface area (Å²) in [6, 6.07) is 0.531. The van der Waals surface area contributed by atoms with Crippen LogP contribution in [0.4, 0.5) is 11.6 Å². The summed E-state index contributed by atoms with van der Waals surface area (Å²) in [4.78, 5) is 20.8. The molecule has 1 aromatic heterocycles. The third-order valence-electron chi connectivity index (χ3n) is 4.34. The average molecular weight is 262 g/mol. The number of nitrogens with zero attached hydrogens (tertiary/aromatic N) is 4. The van der Waals surface area contributed by atoms with Crippen LogP contribution >= 0.6 is 0 Å². The second kappa shape index (κ2) is 5.11. The molecular weight excluding hydrogens is 244 g/mol. The highest BCUT2D eigenvalue weighted by molar-refractivity contribution is 5.36. The van der Waals surface area contributed by atoms with Gasteiger partial charge in [-0.1, -0.05) is 12.8 Å². The maximum absolute atomic E-state index is 10.6. The molecule has 0 N–H and O–H groups in total. The second-order valence-corrected chi connectivity index (χ2v) is 5.45. The van der Waals surface area contributed by atoms with Gasteiger partial charge in [-0.05, 0) is 31.6 Å². The van der Waals surface area contributed by atoms with E-state index in [0.717, 1.165) is 12.5 Å². The fourth-order valence-electron chi connectivity index (χ4n) is 3.43. The molecule has 0 bridgehead atoms. The highest BCUT2D eigenvalue weighted by atomic mass is 16.6. The molecule has 0 unspecified atom stereocenters. The lowest BCUT2D eigenvalue weighted by molar-refractivity contribution is -0.385. The van der Waals surface area contributed by atoms with Crippen LogP contribution in [0.2, 0.25) is 0 Å². The van der Waals surface area contributed by atoms with E-state index >= 15 is 0 Å². The molecule has 1 aliphatic heterocycles. The number of nitro groups is 1. The average Bonchev–Trinajstić information content (AvgIpc) is 2.47. The first-order valence-electron chi connectivity index (χ1n) is 6.99. The van der Waals surface area contributed by atoms with Gasteiger partial charge in [-0.15, -0.1) is 0 Å². The van der Waals surface area contributed by atoms with E-state index in [1.165, 1.54) is 50.9 Å². The van der Waals surface area contributed by atoms with Crippen molar-refractivity contribution in [1.29, 1.82) is 0 Å². The van der Waals surface area contributed by atoms with Crippen LogP contribution in [0.15, 0.2) is 12.4 Å². The number of anilines is 1. The molecule has 6 nitrogen and oxygen atoms in total. The SMILES string of the molecule is O=[N+]([O-])c1cnc(N2CCC[C@@H]3CCCC[C@@H]32)nc1. The van der Waals surface area contributed by atoms with Gasteiger partial charge in [0, 0.05) is 12.6 Å². The zero-order valence-corrected chi connectivity index (χ0v) is 10.9. The van der Waals surface area contributed by atoms with E-state index in [4.69, 9.17) is 0 Å². The maximum Gasteiger partial charge on any atom is 0.305 e. The van der Waals surface area contributed by atoms with Crippen molar-refractivity contribution in [2.75, 3.05) is 11.4 Å². The molecule has 0 spiro atoms. The van der Waals surface area contributed by atoms with E-state index in [0.29, 0.717) is 12.0 Å². The van der Waals surface area contributed by atoms with Gasteiger partial charge in [-0.3, -0.25) is 10.1 Å². The third kappa shape index (κ3) is 2.39. The molecule has 102 valence electrons. The summed E-state index contributed by atoms with van der Waals surface area (Å²) >= 11 is 0. The number of aromatic nitrogens is 2. The molecule has 2 heterocycles. The minimum atomic E-state index is -0.455. The van der Waals surface area contributed by atoms with Crippen LogP contribution in [0.3, 0.4) is 0 Å². The summed E-state index contributed by atoms with van der Waals surface area (Å²) in [5.41, 5.74) is -0.0408. The molecule has 1 aromatic rings. The lowest BCUT2D eigenvalue weighted by Crippen LogP contribution is -2.47. The van der Waals surface area contributed by atoms with E-state index in [9.17, 15) is 10.1 Å². The van der Waals surface area contributed by atoms with Crippen LogP contribution in [0.25, 0.3) is 0 Å². The molecule has 1 saturated heterocycles. The fraction of sp³-hybridized carbons (Fsp3) is 0.692. The predicted octanol–water partition coefficient (Wildman–Crippen LogP) is 2.54. The van der Waals surface area contributed by atoms with E-state index in [1.54, 1.807) is 0 Å². The summed E-state index contributed by atoms with van der Waals surface area (Å²) in [6.45, 7) is 0.971. The molecule has 6 heteroatoms. The van der Waals surface area contributed by atoms with Gasteiger partial charge in [0.15, 0.2) is 0 Å². The monoisotopic (exact) mass is 262 g/mol. The topological polar surface area (TPSA) is 72.2 Å². The first kappa shape index (κ1) is 12.3. The number of piperidine rings is 1. The lowest BCUT2D eigenvalue weighted by atomic mass is 9.78.